The Morgan fingerprint density at radius 3 is 2.65 bits per heavy atom. The van der Waals surface area contributed by atoms with Gasteiger partial charge in [0.1, 0.15) is 0 Å². The molecule has 0 heterocycles. The van der Waals surface area contributed by atoms with Crippen LogP contribution in [0, 0.1) is 13.8 Å². The lowest BCUT2D eigenvalue weighted by Crippen LogP contribution is -2.47. The first kappa shape index (κ1) is 12.6. The van der Waals surface area contributed by atoms with Crippen molar-refractivity contribution < 1.29 is 4.74 Å². The highest BCUT2D eigenvalue weighted by atomic mass is 16.5. The first-order valence-corrected chi connectivity index (χ1v) is 6.47. The van der Waals surface area contributed by atoms with Gasteiger partial charge in [0.15, 0.2) is 0 Å². The van der Waals surface area contributed by atoms with Crippen LogP contribution >= 0.6 is 0 Å². The molecule has 2 rings (SSSR count). The summed E-state index contributed by atoms with van der Waals surface area (Å²) in [5, 5.41) is 3.54. The number of nitrogens with one attached hydrogen (secondary N) is 1. The Bertz CT molecular complexity index is 377. The number of aryl methyl sites for hydroxylation is 2. The average molecular weight is 233 g/mol. The lowest BCUT2D eigenvalue weighted by atomic mass is 9.80. The topological polar surface area (TPSA) is 21.3 Å². The summed E-state index contributed by atoms with van der Waals surface area (Å²) in [7, 11) is 1.83. The summed E-state index contributed by atoms with van der Waals surface area (Å²) >= 11 is 0. The Labute approximate surface area is 104 Å². The van der Waals surface area contributed by atoms with E-state index in [1.807, 2.05) is 7.11 Å². The third-order valence-electron chi connectivity index (χ3n) is 3.97. The largest absolute Gasteiger partial charge is 0.377 e. The monoisotopic (exact) mass is 233 g/mol. The van der Waals surface area contributed by atoms with E-state index in [0.29, 0.717) is 0 Å². The van der Waals surface area contributed by atoms with Gasteiger partial charge in [0.25, 0.3) is 0 Å². The molecule has 0 bridgehead atoms. The Balaban J connectivity index is 1.87. The van der Waals surface area contributed by atoms with Gasteiger partial charge in [-0.1, -0.05) is 23.8 Å². The smallest absolute Gasteiger partial charge is 0.0802 e. The molecule has 1 saturated carbocycles. The van der Waals surface area contributed by atoms with Crippen LogP contribution in [0.15, 0.2) is 18.2 Å². The minimum absolute atomic E-state index is 0.123. The molecule has 1 aliphatic carbocycles. The maximum atomic E-state index is 5.60. The van der Waals surface area contributed by atoms with Crippen molar-refractivity contribution in [2.24, 2.45) is 0 Å². The first-order chi connectivity index (χ1) is 8.15. The summed E-state index contributed by atoms with van der Waals surface area (Å²) < 4.78 is 5.60. The molecular formula is C15H23NO. The Hall–Kier alpha value is -0.860. The summed E-state index contributed by atoms with van der Waals surface area (Å²) in [6.07, 6.45) is 3.70. The molecule has 0 amide bonds. The number of hydrogen-bond acceptors (Lipinski definition) is 2. The fourth-order valence-electron chi connectivity index (χ4n) is 2.44. The summed E-state index contributed by atoms with van der Waals surface area (Å²) in [5.74, 6) is 0. The van der Waals surface area contributed by atoms with Crippen molar-refractivity contribution in [2.75, 3.05) is 13.7 Å². The summed E-state index contributed by atoms with van der Waals surface area (Å²) in [6.45, 7) is 6.23. The van der Waals surface area contributed by atoms with E-state index in [9.17, 15) is 0 Å². The Morgan fingerprint density at radius 2 is 2.06 bits per heavy atom. The van der Waals surface area contributed by atoms with Crippen LogP contribution in [0.25, 0.3) is 0 Å². The van der Waals surface area contributed by atoms with E-state index in [2.05, 4.69) is 37.4 Å². The number of methoxy groups -OCH3 is 1. The highest BCUT2D eigenvalue weighted by molar-refractivity contribution is 5.30. The van der Waals surface area contributed by atoms with Gasteiger partial charge in [-0.25, -0.2) is 0 Å². The van der Waals surface area contributed by atoms with E-state index < -0.39 is 0 Å². The van der Waals surface area contributed by atoms with Crippen molar-refractivity contribution in [1.29, 1.82) is 0 Å². The van der Waals surface area contributed by atoms with Gasteiger partial charge in [-0.3, -0.25) is 0 Å². The van der Waals surface area contributed by atoms with E-state index in [4.69, 9.17) is 4.74 Å². The van der Waals surface area contributed by atoms with Crippen molar-refractivity contribution >= 4 is 0 Å². The van der Waals surface area contributed by atoms with Crippen LogP contribution in [0.4, 0.5) is 0 Å². The quantitative estimate of drug-likeness (QED) is 0.844. The normalized spacial score (nSPS) is 17.8. The van der Waals surface area contributed by atoms with Gasteiger partial charge in [0.05, 0.1) is 5.60 Å². The van der Waals surface area contributed by atoms with Crippen LogP contribution < -0.4 is 5.32 Å². The standard InChI is InChI=1S/C15H23NO/c1-12-5-6-13(2)14(9-12)10-16-11-15(17-3)7-4-8-15/h5-6,9,16H,4,7-8,10-11H2,1-3H3. The molecule has 2 nitrogen and oxygen atoms in total. The zero-order valence-corrected chi connectivity index (χ0v) is 11.2. The maximum Gasteiger partial charge on any atom is 0.0802 e. The van der Waals surface area contributed by atoms with Crippen LogP contribution in [0.1, 0.15) is 36.0 Å². The molecule has 2 heteroatoms. The molecule has 0 spiro atoms. The second kappa shape index (κ2) is 5.19. The number of hydrogen-bond donors (Lipinski definition) is 1. The second-order valence-corrected chi connectivity index (χ2v) is 5.27. The number of ether oxygens (including phenoxy) is 1. The average Bonchev–Trinajstić information content (AvgIpc) is 2.27. The molecule has 1 N–H and O–H groups in total. The highest BCUT2D eigenvalue weighted by Crippen LogP contribution is 2.34. The van der Waals surface area contributed by atoms with Gasteiger partial charge in [0, 0.05) is 20.2 Å². The molecule has 1 aliphatic rings. The van der Waals surface area contributed by atoms with E-state index in [1.54, 1.807) is 0 Å². The molecule has 0 aromatic heterocycles. The van der Waals surface area contributed by atoms with Crippen LogP contribution in [0.5, 0.6) is 0 Å². The predicted octanol–water partition coefficient (Wildman–Crippen LogP) is 2.96. The van der Waals surface area contributed by atoms with Crippen molar-refractivity contribution in [3.63, 3.8) is 0 Å². The minimum atomic E-state index is 0.123. The van der Waals surface area contributed by atoms with E-state index in [1.165, 1.54) is 36.0 Å². The van der Waals surface area contributed by atoms with Crippen molar-refractivity contribution in [1.82, 2.24) is 5.32 Å². The fourth-order valence-corrected chi connectivity index (χ4v) is 2.44. The van der Waals surface area contributed by atoms with Gasteiger partial charge in [0.2, 0.25) is 0 Å². The molecule has 0 atom stereocenters. The van der Waals surface area contributed by atoms with Crippen LogP contribution in [-0.4, -0.2) is 19.3 Å². The number of rotatable bonds is 5. The molecule has 94 valence electrons. The molecular weight excluding hydrogens is 210 g/mol. The molecule has 0 radical (unpaired) electrons. The van der Waals surface area contributed by atoms with Crippen LogP contribution in [0.2, 0.25) is 0 Å². The molecule has 0 unspecified atom stereocenters. The predicted molar refractivity (Wildman–Crippen MR) is 71.2 cm³/mol. The summed E-state index contributed by atoms with van der Waals surface area (Å²) in [5.41, 5.74) is 4.22. The van der Waals surface area contributed by atoms with Crippen molar-refractivity contribution in [3.05, 3.63) is 34.9 Å². The maximum absolute atomic E-state index is 5.60. The zero-order valence-electron chi connectivity index (χ0n) is 11.2. The zero-order chi connectivity index (χ0) is 12.3. The van der Waals surface area contributed by atoms with E-state index in [-0.39, 0.29) is 5.60 Å². The second-order valence-electron chi connectivity index (χ2n) is 5.27. The molecule has 1 aromatic rings. The van der Waals surface area contributed by atoms with Gasteiger partial charge in [-0.2, -0.15) is 0 Å². The summed E-state index contributed by atoms with van der Waals surface area (Å²) in [4.78, 5) is 0. The van der Waals surface area contributed by atoms with E-state index in [0.717, 1.165) is 13.1 Å². The van der Waals surface area contributed by atoms with Crippen molar-refractivity contribution in [2.45, 2.75) is 45.3 Å². The van der Waals surface area contributed by atoms with Gasteiger partial charge < -0.3 is 10.1 Å². The van der Waals surface area contributed by atoms with Gasteiger partial charge in [-0.15, -0.1) is 0 Å². The Morgan fingerprint density at radius 1 is 1.29 bits per heavy atom. The minimum Gasteiger partial charge on any atom is -0.377 e. The van der Waals surface area contributed by atoms with Crippen LogP contribution in [0.3, 0.4) is 0 Å². The van der Waals surface area contributed by atoms with Crippen molar-refractivity contribution in [3.8, 4) is 0 Å². The van der Waals surface area contributed by atoms with Gasteiger partial charge >= 0.3 is 0 Å². The summed E-state index contributed by atoms with van der Waals surface area (Å²) in [6, 6.07) is 6.63. The third-order valence-corrected chi connectivity index (χ3v) is 3.97. The number of benzene rings is 1. The van der Waals surface area contributed by atoms with Gasteiger partial charge in [-0.05, 0) is 44.2 Å². The highest BCUT2D eigenvalue weighted by Gasteiger charge is 2.36. The Kier molecular flexibility index (Phi) is 3.85. The molecule has 0 saturated heterocycles. The molecule has 0 aliphatic heterocycles. The first-order valence-electron chi connectivity index (χ1n) is 6.47. The molecule has 1 fully saturated rings. The molecule has 1 aromatic carbocycles. The molecule has 17 heavy (non-hydrogen) atoms. The van der Waals surface area contributed by atoms with E-state index >= 15 is 0 Å². The lowest BCUT2D eigenvalue weighted by molar-refractivity contribution is -0.0695. The fraction of sp³-hybridized carbons (Fsp3) is 0.600. The third kappa shape index (κ3) is 2.88. The SMILES string of the molecule is COC1(CNCc2cc(C)ccc2C)CCC1. The van der Waals surface area contributed by atoms with Crippen LogP contribution in [-0.2, 0) is 11.3 Å². The lowest BCUT2D eigenvalue weighted by Gasteiger charge is -2.40.